The van der Waals surface area contributed by atoms with Crippen LogP contribution in [0.4, 0.5) is 0 Å². The molecule has 0 fully saturated rings. The van der Waals surface area contributed by atoms with E-state index in [1.807, 2.05) is 30.3 Å². The summed E-state index contributed by atoms with van der Waals surface area (Å²) in [6.07, 6.45) is 1.25. The maximum absolute atomic E-state index is 12.2. The van der Waals surface area contributed by atoms with Gasteiger partial charge in [-0.3, -0.25) is 9.71 Å². The molecule has 2 N–H and O–H groups in total. The zero-order valence-electron chi connectivity index (χ0n) is 12.5. The van der Waals surface area contributed by atoms with Gasteiger partial charge in [-0.25, -0.2) is 8.42 Å². The first-order valence-electron chi connectivity index (χ1n) is 7.47. The number of nitrogens with zero attached hydrogens (tertiary/aromatic N) is 1. The molecule has 1 aliphatic heterocycles. The number of hydrogen-bond acceptors (Lipinski definition) is 4. The number of rotatable bonds is 5. The number of benzene rings is 2. The van der Waals surface area contributed by atoms with E-state index in [4.69, 9.17) is 5.11 Å². The van der Waals surface area contributed by atoms with Gasteiger partial charge in [-0.05, 0) is 30.5 Å². The monoisotopic (exact) mass is 330 g/mol. The molecule has 0 spiro atoms. The fourth-order valence-corrected chi connectivity index (χ4v) is 3.89. The highest BCUT2D eigenvalue weighted by molar-refractivity contribution is 7.90. The van der Waals surface area contributed by atoms with Crippen molar-refractivity contribution in [1.29, 1.82) is 0 Å². The number of fused-ring (bicyclic) bond motifs is 1. The summed E-state index contributed by atoms with van der Waals surface area (Å²) in [6.45, 7) is 0.0799. The Labute approximate surface area is 135 Å². The van der Waals surface area contributed by atoms with E-state index in [-0.39, 0.29) is 17.5 Å². The first kappa shape index (κ1) is 15.7. The van der Waals surface area contributed by atoms with Crippen molar-refractivity contribution in [3.63, 3.8) is 0 Å². The van der Waals surface area contributed by atoms with Gasteiger partial charge >= 0.3 is 0 Å². The average Bonchev–Trinajstić information content (AvgIpc) is 2.83. The van der Waals surface area contributed by atoms with Crippen LogP contribution in [0.1, 0.15) is 30.0 Å². The van der Waals surface area contributed by atoms with Crippen molar-refractivity contribution >= 4 is 15.9 Å². The van der Waals surface area contributed by atoms with Crippen LogP contribution in [0.2, 0.25) is 0 Å². The molecule has 0 saturated heterocycles. The fraction of sp³-hybridized carbons (Fsp3) is 0.235. The van der Waals surface area contributed by atoms with Crippen molar-refractivity contribution in [3.05, 3.63) is 65.7 Å². The summed E-state index contributed by atoms with van der Waals surface area (Å²) in [4.78, 5) is 4.89. The van der Waals surface area contributed by atoms with Gasteiger partial charge in [0, 0.05) is 12.2 Å². The molecule has 120 valence electrons. The molecule has 0 saturated carbocycles. The predicted molar refractivity (Wildman–Crippen MR) is 88.8 cm³/mol. The number of nitrogens with one attached hydrogen (secondary N) is 1. The SMILES string of the molecule is O=S1(=O)NC(=NC(CCCO)c2ccccc2)c2ccccc21. The third-order valence-electron chi connectivity index (χ3n) is 3.77. The Morgan fingerprint density at radius 2 is 1.74 bits per heavy atom. The highest BCUT2D eigenvalue weighted by atomic mass is 32.2. The molecule has 1 unspecified atom stereocenters. The summed E-state index contributed by atoms with van der Waals surface area (Å²) in [7, 11) is -3.53. The summed E-state index contributed by atoms with van der Waals surface area (Å²) in [5.74, 6) is 0.368. The minimum atomic E-state index is -3.53. The van der Waals surface area contributed by atoms with Gasteiger partial charge in [0.15, 0.2) is 0 Å². The van der Waals surface area contributed by atoms with Crippen molar-refractivity contribution < 1.29 is 13.5 Å². The number of hydrogen-bond donors (Lipinski definition) is 2. The Kier molecular flexibility index (Phi) is 4.45. The van der Waals surface area contributed by atoms with Crippen molar-refractivity contribution in [2.45, 2.75) is 23.8 Å². The summed E-state index contributed by atoms with van der Waals surface area (Å²) in [5.41, 5.74) is 1.59. The molecule has 6 heteroatoms. The molecule has 2 aromatic carbocycles. The minimum Gasteiger partial charge on any atom is -0.396 e. The van der Waals surface area contributed by atoms with Gasteiger partial charge in [0.05, 0.1) is 10.9 Å². The topological polar surface area (TPSA) is 78.8 Å². The Morgan fingerprint density at radius 3 is 2.48 bits per heavy atom. The second-order valence-electron chi connectivity index (χ2n) is 5.37. The lowest BCUT2D eigenvalue weighted by Crippen LogP contribution is -2.23. The molecule has 23 heavy (non-hydrogen) atoms. The van der Waals surface area contributed by atoms with E-state index in [1.165, 1.54) is 0 Å². The normalized spacial score (nSPS) is 18.4. The van der Waals surface area contributed by atoms with E-state index >= 15 is 0 Å². The van der Waals surface area contributed by atoms with E-state index in [9.17, 15) is 8.42 Å². The van der Waals surface area contributed by atoms with Gasteiger partial charge in [-0.15, -0.1) is 0 Å². The first-order valence-corrected chi connectivity index (χ1v) is 8.96. The molecule has 0 bridgehead atoms. The molecule has 0 amide bonds. The van der Waals surface area contributed by atoms with Crippen molar-refractivity contribution in [2.75, 3.05) is 6.61 Å². The molecule has 5 nitrogen and oxygen atoms in total. The highest BCUT2D eigenvalue weighted by Crippen LogP contribution is 2.27. The van der Waals surface area contributed by atoms with Gasteiger partial charge in [0.2, 0.25) is 0 Å². The molecule has 1 atom stereocenters. The first-order chi connectivity index (χ1) is 11.1. The Hall–Kier alpha value is -2.18. The smallest absolute Gasteiger partial charge is 0.263 e. The molecular weight excluding hydrogens is 312 g/mol. The number of aliphatic imine (C=N–C) groups is 1. The van der Waals surface area contributed by atoms with E-state index in [1.54, 1.807) is 24.3 Å². The predicted octanol–water partition coefficient (Wildman–Crippen LogP) is 2.24. The zero-order chi connectivity index (χ0) is 16.3. The van der Waals surface area contributed by atoms with Crippen LogP contribution in [0.5, 0.6) is 0 Å². The molecule has 0 radical (unpaired) electrons. The average molecular weight is 330 g/mol. The minimum absolute atomic E-state index is 0.0799. The lowest BCUT2D eigenvalue weighted by Gasteiger charge is -2.13. The third kappa shape index (κ3) is 3.28. The van der Waals surface area contributed by atoms with Crippen LogP contribution >= 0.6 is 0 Å². The van der Waals surface area contributed by atoms with Gasteiger partial charge < -0.3 is 5.11 Å². The second-order valence-corrected chi connectivity index (χ2v) is 7.02. The van der Waals surface area contributed by atoms with Gasteiger partial charge in [0.25, 0.3) is 10.0 Å². The number of sulfonamides is 1. The lowest BCUT2D eigenvalue weighted by molar-refractivity contribution is 0.280. The van der Waals surface area contributed by atoms with E-state index in [0.29, 0.717) is 24.2 Å². The summed E-state index contributed by atoms with van der Waals surface area (Å²) in [5, 5.41) is 9.10. The van der Waals surface area contributed by atoms with E-state index in [2.05, 4.69) is 9.71 Å². The summed E-state index contributed by atoms with van der Waals surface area (Å²) >= 11 is 0. The number of aliphatic hydroxyl groups excluding tert-OH is 1. The zero-order valence-corrected chi connectivity index (χ0v) is 13.3. The van der Waals surface area contributed by atoms with Crippen molar-refractivity contribution in [3.8, 4) is 0 Å². The Balaban J connectivity index is 2.01. The maximum atomic E-state index is 12.2. The van der Waals surface area contributed by atoms with E-state index < -0.39 is 10.0 Å². The maximum Gasteiger partial charge on any atom is 0.263 e. The molecule has 1 heterocycles. The van der Waals surface area contributed by atoms with Crippen molar-refractivity contribution in [2.24, 2.45) is 4.99 Å². The van der Waals surface area contributed by atoms with E-state index in [0.717, 1.165) is 5.56 Å². The van der Waals surface area contributed by atoms with Crippen LogP contribution in [0.25, 0.3) is 0 Å². The van der Waals surface area contributed by atoms with Crippen molar-refractivity contribution in [1.82, 2.24) is 4.72 Å². The van der Waals surface area contributed by atoms with Crippen LogP contribution in [0.3, 0.4) is 0 Å². The van der Waals surface area contributed by atoms with Crippen LogP contribution in [0.15, 0.2) is 64.5 Å². The van der Waals surface area contributed by atoms with Gasteiger partial charge in [-0.2, -0.15) is 0 Å². The van der Waals surface area contributed by atoms with Gasteiger partial charge in [0.1, 0.15) is 5.84 Å². The third-order valence-corrected chi connectivity index (χ3v) is 5.16. The fourth-order valence-electron chi connectivity index (χ4n) is 2.65. The summed E-state index contributed by atoms with van der Waals surface area (Å²) in [6, 6.07) is 16.3. The molecule has 2 aromatic rings. The van der Waals surface area contributed by atoms with Crippen LogP contribution in [-0.2, 0) is 10.0 Å². The lowest BCUT2D eigenvalue weighted by atomic mass is 10.0. The molecule has 3 rings (SSSR count). The summed E-state index contributed by atoms with van der Waals surface area (Å²) < 4.78 is 26.9. The van der Waals surface area contributed by atoms with Crippen LogP contribution in [-0.4, -0.2) is 26.0 Å². The standard InChI is InChI=1S/C17H18N2O3S/c20-12-6-10-15(13-7-2-1-3-8-13)18-17-14-9-4-5-11-16(14)23(21,22)19-17/h1-5,7-9,11,15,20H,6,10,12H2,(H,18,19). The second kappa shape index (κ2) is 6.52. The molecule has 0 aromatic heterocycles. The van der Waals surface area contributed by atoms with Crippen LogP contribution in [0, 0.1) is 0 Å². The highest BCUT2D eigenvalue weighted by Gasteiger charge is 2.30. The quantitative estimate of drug-likeness (QED) is 0.882. The molecule has 1 aliphatic rings. The van der Waals surface area contributed by atoms with Gasteiger partial charge in [-0.1, -0.05) is 42.5 Å². The number of amidine groups is 1. The number of aliphatic hydroxyl groups is 1. The molecule has 0 aliphatic carbocycles. The Morgan fingerprint density at radius 1 is 1.04 bits per heavy atom. The van der Waals surface area contributed by atoms with Crippen LogP contribution < -0.4 is 4.72 Å². The largest absolute Gasteiger partial charge is 0.396 e. The Bertz CT molecular complexity index is 817. The molecular formula is C17H18N2O3S.